The molecular formula is C18H28O5Si. The third-order valence-electron chi connectivity index (χ3n) is 5.15. The molecule has 2 rings (SSSR count). The average Bonchev–Trinajstić information content (AvgIpc) is 2.88. The fourth-order valence-electron chi connectivity index (χ4n) is 2.82. The van der Waals surface area contributed by atoms with Crippen LogP contribution in [0, 0.1) is 5.92 Å². The summed E-state index contributed by atoms with van der Waals surface area (Å²) in [4.78, 5) is 22.9. The molecule has 0 aromatic heterocycles. The van der Waals surface area contributed by atoms with Crippen LogP contribution in [-0.4, -0.2) is 45.2 Å². The van der Waals surface area contributed by atoms with Gasteiger partial charge in [-0.05, 0) is 36.7 Å². The van der Waals surface area contributed by atoms with E-state index in [1.807, 2.05) is 19.2 Å². The van der Waals surface area contributed by atoms with Crippen molar-refractivity contribution in [2.45, 2.75) is 50.8 Å². The van der Waals surface area contributed by atoms with Crippen molar-refractivity contribution >= 4 is 14.3 Å². The van der Waals surface area contributed by atoms with Crippen LogP contribution in [0.4, 0.5) is 0 Å². The molecule has 6 heteroatoms. The van der Waals surface area contributed by atoms with Gasteiger partial charge in [-0.25, -0.2) is 4.79 Å². The SMILES string of the molecule is COC1OC[C@H](OC(=O)c2ccccc2)[C@H]1CC(C)(C)[Si](C)(C)O. The highest BCUT2D eigenvalue weighted by Crippen LogP contribution is 2.45. The number of carbonyl (C=O) groups excluding carboxylic acids is 1. The van der Waals surface area contributed by atoms with Gasteiger partial charge in [-0.2, -0.15) is 0 Å². The number of carbonyl (C=O) groups is 1. The van der Waals surface area contributed by atoms with Crippen LogP contribution < -0.4 is 0 Å². The lowest BCUT2D eigenvalue weighted by Gasteiger charge is -2.38. The van der Waals surface area contributed by atoms with E-state index in [9.17, 15) is 9.59 Å². The van der Waals surface area contributed by atoms with Crippen LogP contribution in [0.15, 0.2) is 30.3 Å². The summed E-state index contributed by atoms with van der Waals surface area (Å²) in [5.74, 6) is -0.458. The molecule has 24 heavy (non-hydrogen) atoms. The van der Waals surface area contributed by atoms with Crippen LogP contribution in [0.3, 0.4) is 0 Å². The lowest BCUT2D eigenvalue weighted by Crippen LogP contribution is -2.43. The quantitative estimate of drug-likeness (QED) is 0.629. The van der Waals surface area contributed by atoms with Crippen LogP contribution in [0.25, 0.3) is 0 Å². The van der Waals surface area contributed by atoms with Gasteiger partial charge in [0.1, 0.15) is 6.10 Å². The molecule has 0 saturated carbocycles. The van der Waals surface area contributed by atoms with Gasteiger partial charge in [0.25, 0.3) is 0 Å². The summed E-state index contributed by atoms with van der Waals surface area (Å²) in [5, 5.41) is -0.250. The zero-order valence-corrected chi connectivity index (χ0v) is 16.1. The minimum Gasteiger partial charge on any atom is -0.456 e. The highest BCUT2D eigenvalue weighted by atomic mass is 28.4. The van der Waals surface area contributed by atoms with Crippen LogP contribution in [0.5, 0.6) is 0 Å². The highest BCUT2D eigenvalue weighted by Gasteiger charge is 2.47. The van der Waals surface area contributed by atoms with E-state index in [2.05, 4.69) is 13.8 Å². The second-order valence-electron chi connectivity index (χ2n) is 7.56. The molecule has 0 spiro atoms. The summed E-state index contributed by atoms with van der Waals surface area (Å²) in [6.07, 6.45) is -0.124. The summed E-state index contributed by atoms with van der Waals surface area (Å²) >= 11 is 0. The van der Waals surface area contributed by atoms with Crippen LogP contribution in [0.2, 0.25) is 18.1 Å². The monoisotopic (exact) mass is 352 g/mol. The first-order chi connectivity index (χ1) is 11.2. The topological polar surface area (TPSA) is 65.0 Å². The number of methoxy groups -OCH3 is 1. The Morgan fingerprint density at radius 1 is 1.33 bits per heavy atom. The lowest BCUT2D eigenvalue weighted by atomic mass is 9.92. The van der Waals surface area contributed by atoms with Gasteiger partial charge in [-0.1, -0.05) is 32.0 Å². The summed E-state index contributed by atoms with van der Waals surface area (Å²) in [5.41, 5.74) is 0.522. The fourth-order valence-corrected chi connectivity index (χ4v) is 3.56. The largest absolute Gasteiger partial charge is 0.456 e. The van der Waals surface area contributed by atoms with Crippen molar-refractivity contribution in [2.75, 3.05) is 13.7 Å². The van der Waals surface area contributed by atoms with E-state index in [0.29, 0.717) is 18.6 Å². The molecule has 5 nitrogen and oxygen atoms in total. The molecule has 0 radical (unpaired) electrons. The summed E-state index contributed by atoms with van der Waals surface area (Å²) in [6, 6.07) is 8.93. The zero-order chi connectivity index (χ0) is 18.0. The highest BCUT2D eigenvalue weighted by molar-refractivity contribution is 6.72. The molecule has 1 heterocycles. The van der Waals surface area contributed by atoms with Gasteiger partial charge in [0.05, 0.1) is 12.2 Å². The Morgan fingerprint density at radius 2 is 1.96 bits per heavy atom. The molecule has 1 unspecified atom stereocenters. The zero-order valence-electron chi connectivity index (χ0n) is 15.1. The van der Waals surface area contributed by atoms with Crippen molar-refractivity contribution in [2.24, 2.45) is 5.92 Å². The molecular weight excluding hydrogens is 324 g/mol. The Kier molecular flexibility index (Phi) is 5.85. The fraction of sp³-hybridized carbons (Fsp3) is 0.611. The van der Waals surface area contributed by atoms with Gasteiger partial charge >= 0.3 is 5.97 Å². The standard InChI is InChI=1S/C18H28O5Si/c1-18(2,24(4,5)20)11-14-15(12-22-17(14)21-3)23-16(19)13-9-7-6-8-10-13/h6-10,14-15,17,20H,11-12H2,1-5H3/t14-,15+,17?/m1/s1. The molecule has 0 amide bonds. The Bertz CT molecular complexity index is 552. The molecule has 1 aromatic rings. The third kappa shape index (κ3) is 4.24. The first-order valence-electron chi connectivity index (χ1n) is 8.28. The first kappa shape index (κ1) is 19.1. The maximum atomic E-state index is 12.3. The molecule has 3 atom stereocenters. The predicted molar refractivity (Wildman–Crippen MR) is 94.2 cm³/mol. The molecule has 1 N–H and O–H groups in total. The molecule has 1 aromatic carbocycles. The van der Waals surface area contributed by atoms with E-state index in [0.717, 1.165) is 0 Å². The number of hydrogen-bond donors (Lipinski definition) is 1. The van der Waals surface area contributed by atoms with Crippen LogP contribution in [0.1, 0.15) is 30.6 Å². The first-order valence-corrected chi connectivity index (χ1v) is 11.2. The average molecular weight is 353 g/mol. The number of esters is 1. The van der Waals surface area contributed by atoms with Crippen molar-refractivity contribution in [3.63, 3.8) is 0 Å². The minimum atomic E-state index is -2.38. The Hall–Kier alpha value is -1.21. The third-order valence-corrected chi connectivity index (χ3v) is 8.67. The summed E-state index contributed by atoms with van der Waals surface area (Å²) < 4.78 is 16.8. The lowest BCUT2D eigenvalue weighted by molar-refractivity contribution is -0.113. The Morgan fingerprint density at radius 3 is 2.50 bits per heavy atom. The van der Waals surface area contributed by atoms with Crippen molar-refractivity contribution in [3.05, 3.63) is 35.9 Å². The molecule has 1 aliphatic rings. The molecule has 1 fully saturated rings. The van der Waals surface area contributed by atoms with E-state index < -0.39 is 14.6 Å². The van der Waals surface area contributed by atoms with Gasteiger partial charge in [0.15, 0.2) is 14.6 Å². The second-order valence-corrected chi connectivity index (χ2v) is 12.0. The molecule has 1 aliphatic heterocycles. The Balaban J connectivity index is 2.12. The second kappa shape index (κ2) is 7.35. The van der Waals surface area contributed by atoms with Crippen LogP contribution >= 0.6 is 0 Å². The van der Waals surface area contributed by atoms with Crippen molar-refractivity contribution < 1.29 is 23.8 Å². The minimum absolute atomic E-state index is 0.100. The number of hydrogen-bond acceptors (Lipinski definition) is 5. The molecule has 134 valence electrons. The smallest absolute Gasteiger partial charge is 0.338 e. The number of benzene rings is 1. The van der Waals surface area contributed by atoms with E-state index in [1.54, 1.807) is 31.4 Å². The molecule has 0 aliphatic carbocycles. The van der Waals surface area contributed by atoms with Crippen molar-refractivity contribution in [1.82, 2.24) is 0 Å². The normalized spacial score (nSPS) is 24.8. The summed E-state index contributed by atoms with van der Waals surface area (Å²) in [6.45, 7) is 8.27. The van der Waals surface area contributed by atoms with Crippen LogP contribution in [-0.2, 0) is 14.2 Å². The molecule has 1 saturated heterocycles. The van der Waals surface area contributed by atoms with Gasteiger partial charge in [-0.3, -0.25) is 0 Å². The number of rotatable bonds is 6. The Labute approximate surface area is 145 Å². The maximum Gasteiger partial charge on any atom is 0.338 e. The van der Waals surface area contributed by atoms with E-state index in [4.69, 9.17) is 14.2 Å². The van der Waals surface area contributed by atoms with Crippen molar-refractivity contribution in [1.29, 1.82) is 0 Å². The van der Waals surface area contributed by atoms with Gasteiger partial charge in [-0.15, -0.1) is 0 Å². The van der Waals surface area contributed by atoms with E-state index in [1.165, 1.54) is 0 Å². The van der Waals surface area contributed by atoms with Gasteiger partial charge < -0.3 is 19.0 Å². The van der Waals surface area contributed by atoms with E-state index >= 15 is 0 Å². The summed E-state index contributed by atoms with van der Waals surface area (Å²) in [7, 11) is -0.789. The van der Waals surface area contributed by atoms with Gasteiger partial charge in [0, 0.05) is 13.0 Å². The number of ether oxygens (including phenoxy) is 3. The van der Waals surface area contributed by atoms with E-state index in [-0.39, 0.29) is 23.0 Å². The van der Waals surface area contributed by atoms with Gasteiger partial charge in [0.2, 0.25) is 0 Å². The maximum absolute atomic E-state index is 12.3. The molecule has 0 bridgehead atoms. The predicted octanol–water partition coefficient (Wildman–Crippen LogP) is 3.20. The van der Waals surface area contributed by atoms with Crippen molar-refractivity contribution in [3.8, 4) is 0 Å².